The Hall–Kier alpha value is -2.28. The second kappa shape index (κ2) is 7.65. The van der Waals surface area contributed by atoms with Gasteiger partial charge in [0.15, 0.2) is 5.76 Å². The first-order valence-electron chi connectivity index (χ1n) is 6.41. The first-order valence-corrected chi connectivity index (χ1v) is 7.20. The molecule has 0 aliphatic heterocycles. The zero-order valence-electron chi connectivity index (χ0n) is 11.8. The minimum Gasteiger partial charge on any atom is -0.484 e. The molecule has 1 heterocycles. The van der Waals surface area contributed by atoms with Crippen LogP contribution in [0.5, 0.6) is 5.75 Å². The first-order chi connectivity index (χ1) is 10.6. The number of ether oxygens (including phenoxy) is 2. The third kappa shape index (κ3) is 4.36. The maximum atomic E-state index is 11.7. The zero-order valence-corrected chi connectivity index (χ0v) is 13.4. The number of para-hydroxylation sites is 1. The van der Waals surface area contributed by atoms with Gasteiger partial charge in [0.1, 0.15) is 24.7 Å². The normalized spacial score (nSPS) is 10.1. The number of benzene rings is 1. The van der Waals surface area contributed by atoms with E-state index in [2.05, 4.69) is 26.0 Å². The van der Waals surface area contributed by atoms with Crippen molar-refractivity contribution in [2.45, 2.75) is 6.61 Å². The minimum absolute atomic E-state index is 0.106. The summed E-state index contributed by atoms with van der Waals surface area (Å²) in [6, 6.07) is 10.6. The summed E-state index contributed by atoms with van der Waals surface area (Å²) < 4.78 is 16.2. The van der Waals surface area contributed by atoms with Gasteiger partial charge in [-0.1, -0.05) is 12.1 Å². The molecule has 0 aliphatic rings. The lowest BCUT2D eigenvalue weighted by molar-refractivity contribution is -0.139. The van der Waals surface area contributed by atoms with Crippen molar-refractivity contribution in [1.82, 2.24) is 5.32 Å². The molecular weight excluding hydrogens is 354 g/mol. The van der Waals surface area contributed by atoms with Crippen molar-refractivity contribution in [3.63, 3.8) is 0 Å². The highest BCUT2D eigenvalue weighted by Crippen LogP contribution is 2.24. The molecule has 0 fully saturated rings. The van der Waals surface area contributed by atoms with Crippen LogP contribution in [0.4, 0.5) is 0 Å². The number of esters is 1. The summed E-state index contributed by atoms with van der Waals surface area (Å²) in [5.74, 6) is 0.263. The van der Waals surface area contributed by atoms with Gasteiger partial charge in [-0.05, 0) is 40.2 Å². The van der Waals surface area contributed by atoms with E-state index in [9.17, 15) is 9.59 Å². The number of furan rings is 1. The van der Waals surface area contributed by atoms with Crippen molar-refractivity contribution in [3.8, 4) is 5.75 Å². The van der Waals surface area contributed by atoms with Crippen molar-refractivity contribution >= 4 is 27.8 Å². The monoisotopic (exact) mass is 367 g/mol. The Kier molecular flexibility index (Phi) is 5.60. The van der Waals surface area contributed by atoms with E-state index in [0.29, 0.717) is 11.5 Å². The molecule has 0 saturated carbocycles. The quantitative estimate of drug-likeness (QED) is 0.793. The minimum atomic E-state index is -0.530. The molecule has 0 spiro atoms. The number of carbonyl (C=O) groups is 2. The highest BCUT2D eigenvalue weighted by atomic mass is 79.9. The molecule has 0 radical (unpaired) electrons. The second-order valence-electron chi connectivity index (χ2n) is 4.24. The Bertz CT molecular complexity index is 667. The topological polar surface area (TPSA) is 77.8 Å². The summed E-state index contributed by atoms with van der Waals surface area (Å²) in [6.07, 6.45) is 0. The molecule has 2 aromatic rings. The average molecular weight is 368 g/mol. The van der Waals surface area contributed by atoms with Crippen LogP contribution >= 0.6 is 15.9 Å². The SMILES string of the molecule is COC(=O)CNC(=O)c1ccc(COc2ccccc2Br)o1. The van der Waals surface area contributed by atoms with Gasteiger partial charge in [-0.25, -0.2) is 0 Å². The van der Waals surface area contributed by atoms with Crippen molar-refractivity contribution in [1.29, 1.82) is 0 Å². The van der Waals surface area contributed by atoms with Crippen LogP contribution in [0.2, 0.25) is 0 Å². The number of methoxy groups -OCH3 is 1. The third-order valence-corrected chi connectivity index (χ3v) is 3.37. The number of halogens is 1. The van der Waals surface area contributed by atoms with Gasteiger partial charge in [0.25, 0.3) is 5.91 Å². The first kappa shape index (κ1) is 16.1. The van der Waals surface area contributed by atoms with Gasteiger partial charge in [-0.2, -0.15) is 0 Å². The van der Waals surface area contributed by atoms with Crippen LogP contribution in [-0.4, -0.2) is 25.5 Å². The smallest absolute Gasteiger partial charge is 0.325 e. The Morgan fingerprint density at radius 3 is 2.73 bits per heavy atom. The molecular formula is C15H14BrNO5. The Labute approximate surface area is 135 Å². The molecule has 7 heteroatoms. The zero-order chi connectivity index (χ0) is 15.9. The predicted molar refractivity (Wildman–Crippen MR) is 81.5 cm³/mol. The molecule has 0 saturated heterocycles. The molecule has 0 bridgehead atoms. The van der Waals surface area contributed by atoms with Crippen molar-refractivity contribution in [2.75, 3.05) is 13.7 Å². The fourth-order valence-corrected chi connectivity index (χ4v) is 2.00. The largest absolute Gasteiger partial charge is 0.484 e. The summed E-state index contributed by atoms with van der Waals surface area (Å²) in [6.45, 7) is -0.0221. The summed E-state index contributed by atoms with van der Waals surface area (Å²) in [7, 11) is 1.25. The molecule has 0 atom stereocenters. The van der Waals surface area contributed by atoms with Gasteiger partial charge in [0, 0.05) is 0 Å². The average Bonchev–Trinajstić information content (AvgIpc) is 3.00. The van der Waals surface area contributed by atoms with Gasteiger partial charge in [0.05, 0.1) is 11.6 Å². The summed E-state index contributed by atoms with van der Waals surface area (Å²) in [4.78, 5) is 22.7. The fourth-order valence-electron chi connectivity index (χ4n) is 1.60. The number of hydrogen-bond donors (Lipinski definition) is 1. The molecule has 1 aromatic carbocycles. The van der Waals surface area contributed by atoms with Crippen LogP contribution in [0, 0.1) is 0 Å². The maximum Gasteiger partial charge on any atom is 0.325 e. The van der Waals surface area contributed by atoms with Gasteiger partial charge in [-0.3, -0.25) is 9.59 Å². The van der Waals surface area contributed by atoms with Gasteiger partial charge < -0.3 is 19.2 Å². The van der Waals surface area contributed by atoms with E-state index in [1.807, 2.05) is 24.3 Å². The van der Waals surface area contributed by atoms with E-state index in [-0.39, 0.29) is 18.9 Å². The van der Waals surface area contributed by atoms with Crippen molar-refractivity contribution in [3.05, 3.63) is 52.4 Å². The highest BCUT2D eigenvalue weighted by Gasteiger charge is 2.13. The summed E-state index contributed by atoms with van der Waals surface area (Å²) in [5.41, 5.74) is 0. The van der Waals surface area contributed by atoms with E-state index in [1.54, 1.807) is 6.07 Å². The van der Waals surface area contributed by atoms with Crippen molar-refractivity contribution < 1.29 is 23.5 Å². The highest BCUT2D eigenvalue weighted by molar-refractivity contribution is 9.10. The number of hydrogen-bond acceptors (Lipinski definition) is 5. The third-order valence-electron chi connectivity index (χ3n) is 2.71. The fraction of sp³-hybridized carbons (Fsp3) is 0.200. The standard InChI is InChI=1S/C15H14BrNO5/c1-20-14(18)8-17-15(19)13-7-6-10(22-13)9-21-12-5-3-2-4-11(12)16/h2-7H,8-9H2,1H3,(H,17,19). The molecule has 1 aromatic heterocycles. The van der Waals surface area contributed by atoms with Crippen LogP contribution in [0.3, 0.4) is 0 Å². The van der Waals surface area contributed by atoms with Gasteiger partial charge in [0.2, 0.25) is 0 Å². The molecule has 22 heavy (non-hydrogen) atoms. The molecule has 1 amide bonds. The van der Waals surface area contributed by atoms with E-state index in [0.717, 1.165) is 4.47 Å². The summed E-state index contributed by atoms with van der Waals surface area (Å²) >= 11 is 3.38. The van der Waals surface area contributed by atoms with Crippen LogP contribution < -0.4 is 10.1 Å². The van der Waals surface area contributed by atoms with Crippen LogP contribution in [0.25, 0.3) is 0 Å². The number of carbonyl (C=O) groups excluding carboxylic acids is 2. The Balaban J connectivity index is 1.90. The van der Waals surface area contributed by atoms with E-state index >= 15 is 0 Å². The Morgan fingerprint density at radius 2 is 2.00 bits per heavy atom. The van der Waals surface area contributed by atoms with Gasteiger partial charge in [-0.15, -0.1) is 0 Å². The molecule has 0 aliphatic carbocycles. The number of rotatable bonds is 6. The van der Waals surface area contributed by atoms with Crippen molar-refractivity contribution in [2.24, 2.45) is 0 Å². The van der Waals surface area contributed by atoms with Crippen LogP contribution in [-0.2, 0) is 16.1 Å². The lowest BCUT2D eigenvalue weighted by Crippen LogP contribution is -2.29. The Morgan fingerprint density at radius 1 is 1.23 bits per heavy atom. The summed E-state index contributed by atoms with van der Waals surface area (Å²) in [5, 5.41) is 2.39. The van der Waals surface area contributed by atoms with Crippen LogP contribution in [0.1, 0.15) is 16.3 Å². The maximum absolute atomic E-state index is 11.7. The molecule has 2 rings (SSSR count). The number of nitrogens with one attached hydrogen (secondary N) is 1. The van der Waals surface area contributed by atoms with Crippen LogP contribution in [0.15, 0.2) is 45.3 Å². The predicted octanol–water partition coefficient (Wildman–Crippen LogP) is 2.52. The molecule has 1 N–H and O–H groups in total. The lowest BCUT2D eigenvalue weighted by atomic mass is 10.3. The van der Waals surface area contributed by atoms with E-state index in [4.69, 9.17) is 9.15 Å². The number of amides is 1. The lowest BCUT2D eigenvalue weighted by Gasteiger charge is -2.05. The molecule has 0 unspecified atom stereocenters. The molecule has 116 valence electrons. The van der Waals surface area contributed by atoms with E-state index in [1.165, 1.54) is 13.2 Å². The second-order valence-corrected chi connectivity index (χ2v) is 5.10. The molecule has 6 nitrogen and oxygen atoms in total. The van der Waals surface area contributed by atoms with Gasteiger partial charge >= 0.3 is 5.97 Å². The van der Waals surface area contributed by atoms with E-state index < -0.39 is 11.9 Å².